The van der Waals surface area contributed by atoms with Crippen LogP contribution in [0.1, 0.15) is 19.1 Å². The summed E-state index contributed by atoms with van der Waals surface area (Å²) in [6.45, 7) is 1.84. The molecule has 0 radical (unpaired) electrons. The predicted octanol–water partition coefficient (Wildman–Crippen LogP) is 4.10. The summed E-state index contributed by atoms with van der Waals surface area (Å²) in [7, 11) is -3.55. The lowest BCUT2D eigenvalue weighted by molar-refractivity contribution is 0.480. The van der Waals surface area contributed by atoms with Crippen LogP contribution in [0.15, 0.2) is 54.9 Å². The van der Waals surface area contributed by atoms with Crippen LogP contribution in [0.25, 0.3) is 0 Å². The third-order valence-corrected chi connectivity index (χ3v) is 6.00. The standard InChI is InChI=1S/C14H15Br2NO3S/c1-10(4-6-12-3-2-8-20-12)17-21(18,19)14-7-5-11(15)9-13(14)16/h2-3,5,7-10,17H,4,6H2,1H3. The van der Waals surface area contributed by atoms with Gasteiger partial charge in [0.1, 0.15) is 5.76 Å². The molecule has 0 aliphatic rings. The molecule has 114 valence electrons. The van der Waals surface area contributed by atoms with Crippen LogP contribution in [-0.4, -0.2) is 14.5 Å². The van der Waals surface area contributed by atoms with E-state index in [1.54, 1.807) is 24.5 Å². The van der Waals surface area contributed by atoms with E-state index in [1.807, 2.05) is 19.1 Å². The Labute approximate surface area is 141 Å². The highest BCUT2D eigenvalue weighted by atomic mass is 79.9. The molecule has 0 aliphatic carbocycles. The molecule has 0 bridgehead atoms. The van der Waals surface area contributed by atoms with Crippen molar-refractivity contribution >= 4 is 41.9 Å². The molecule has 0 saturated carbocycles. The number of aryl methyl sites for hydroxylation is 1. The van der Waals surface area contributed by atoms with Gasteiger partial charge in [0.05, 0.1) is 11.2 Å². The van der Waals surface area contributed by atoms with Gasteiger partial charge in [0, 0.05) is 21.4 Å². The molecule has 4 nitrogen and oxygen atoms in total. The van der Waals surface area contributed by atoms with Gasteiger partial charge in [-0.05, 0) is 59.6 Å². The fraction of sp³-hybridized carbons (Fsp3) is 0.286. The molecular weight excluding hydrogens is 422 g/mol. The lowest BCUT2D eigenvalue weighted by Gasteiger charge is -2.14. The second kappa shape index (κ2) is 7.09. The molecule has 21 heavy (non-hydrogen) atoms. The molecule has 7 heteroatoms. The van der Waals surface area contributed by atoms with Crippen molar-refractivity contribution in [2.45, 2.75) is 30.7 Å². The van der Waals surface area contributed by atoms with Gasteiger partial charge < -0.3 is 4.42 Å². The molecule has 1 N–H and O–H groups in total. The first-order valence-electron chi connectivity index (χ1n) is 6.38. The lowest BCUT2D eigenvalue weighted by atomic mass is 10.2. The van der Waals surface area contributed by atoms with E-state index in [-0.39, 0.29) is 10.9 Å². The second-order valence-corrected chi connectivity index (χ2v) is 8.17. The molecule has 0 fully saturated rings. The van der Waals surface area contributed by atoms with E-state index < -0.39 is 10.0 Å². The number of halogens is 2. The maximum Gasteiger partial charge on any atom is 0.241 e. The Morgan fingerprint density at radius 2 is 2.05 bits per heavy atom. The number of sulfonamides is 1. The van der Waals surface area contributed by atoms with Crippen LogP contribution >= 0.6 is 31.9 Å². The van der Waals surface area contributed by atoms with Crippen LogP contribution in [0, 0.1) is 0 Å². The number of rotatable bonds is 6. The van der Waals surface area contributed by atoms with Crippen LogP contribution in [0.2, 0.25) is 0 Å². The van der Waals surface area contributed by atoms with E-state index in [4.69, 9.17) is 4.42 Å². The summed E-state index contributed by atoms with van der Waals surface area (Å²) in [6.07, 6.45) is 2.97. The molecule has 0 spiro atoms. The first-order valence-corrected chi connectivity index (χ1v) is 9.45. The van der Waals surface area contributed by atoms with E-state index in [0.29, 0.717) is 17.3 Å². The molecule has 1 aromatic carbocycles. The average molecular weight is 437 g/mol. The van der Waals surface area contributed by atoms with Gasteiger partial charge in [-0.15, -0.1) is 0 Å². The number of furan rings is 1. The lowest BCUT2D eigenvalue weighted by Crippen LogP contribution is -2.33. The third kappa shape index (κ3) is 4.67. The summed E-state index contributed by atoms with van der Waals surface area (Å²) in [5.41, 5.74) is 0. The highest BCUT2D eigenvalue weighted by Gasteiger charge is 2.20. The zero-order valence-electron chi connectivity index (χ0n) is 11.3. The summed E-state index contributed by atoms with van der Waals surface area (Å²) in [5.74, 6) is 0.853. The van der Waals surface area contributed by atoms with Crippen molar-refractivity contribution in [2.24, 2.45) is 0 Å². The summed E-state index contributed by atoms with van der Waals surface area (Å²) >= 11 is 6.58. The maximum absolute atomic E-state index is 12.4. The highest BCUT2D eigenvalue weighted by Crippen LogP contribution is 2.25. The topological polar surface area (TPSA) is 59.3 Å². The smallest absolute Gasteiger partial charge is 0.241 e. The zero-order valence-corrected chi connectivity index (χ0v) is 15.3. The number of hydrogen-bond donors (Lipinski definition) is 1. The van der Waals surface area contributed by atoms with E-state index in [0.717, 1.165) is 10.2 Å². The number of benzene rings is 1. The SMILES string of the molecule is CC(CCc1ccco1)NS(=O)(=O)c1ccc(Br)cc1Br. The molecule has 2 rings (SSSR count). The second-order valence-electron chi connectivity index (χ2n) is 4.72. The van der Waals surface area contributed by atoms with Gasteiger partial charge >= 0.3 is 0 Å². The monoisotopic (exact) mass is 435 g/mol. The van der Waals surface area contributed by atoms with Crippen LogP contribution in [0.3, 0.4) is 0 Å². The van der Waals surface area contributed by atoms with Crippen LogP contribution in [0.5, 0.6) is 0 Å². The molecule has 0 aliphatic heterocycles. The van der Waals surface area contributed by atoms with Crippen molar-refractivity contribution in [3.63, 3.8) is 0 Å². The fourth-order valence-electron chi connectivity index (χ4n) is 1.89. The van der Waals surface area contributed by atoms with E-state index in [9.17, 15) is 8.42 Å². The van der Waals surface area contributed by atoms with Gasteiger partial charge in [-0.1, -0.05) is 15.9 Å². The highest BCUT2D eigenvalue weighted by molar-refractivity contribution is 9.11. The van der Waals surface area contributed by atoms with Crippen molar-refractivity contribution in [2.75, 3.05) is 0 Å². The fourth-order valence-corrected chi connectivity index (χ4v) is 4.92. The number of hydrogen-bond acceptors (Lipinski definition) is 3. The minimum Gasteiger partial charge on any atom is -0.469 e. The minimum atomic E-state index is -3.55. The Bertz CT molecular complexity index is 699. The van der Waals surface area contributed by atoms with E-state index in [1.165, 1.54) is 0 Å². The Morgan fingerprint density at radius 3 is 2.67 bits per heavy atom. The minimum absolute atomic E-state index is 0.185. The van der Waals surface area contributed by atoms with Crippen molar-refractivity contribution in [1.82, 2.24) is 4.72 Å². The van der Waals surface area contributed by atoms with Crippen molar-refractivity contribution in [3.05, 3.63) is 51.3 Å². The predicted molar refractivity (Wildman–Crippen MR) is 88.7 cm³/mol. The summed E-state index contributed by atoms with van der Waals surface area (Å²) in [6, 6.07) is 8.50. The van der Waals surface area contributed by atoms with Crippen LogP contribution < -0.4 is 4.72 Å². The first-order chi connectivity index (χ1) is 9.88. The third-order valence-electron chi connectivity index (χ3n) is 2.94. The van der Waals surface area contributed by atoms with Crippen molar-refractivity contribution in [3.8, 4) is 0 Å². The van der Waals surface area contributed by atoms with Gasteiger partial charge in [-0.2, -0.15) is 0 Å². The molecule has 2 aromatic rings. The first kappa shape index (κ1) is 16.7. The molecule has 1 heterocycles. The Kier molecular flexibility index (Phi) is 5.65. The summed E-state index contributed by atoms with van der Waals surface area (Å²) < 4.78 is 34.0. The Hall–Kier alpha value is -0.630. The molecule has 1 atom stereocenters. The van der Waals surface area contributed by atoms with E-state index in [2.05, 4.69) is 36.6 Å². The van der Waals surface area contributed by atoms with Crippen molar-refractivity contribution < 1.29 is 12.8 Å². The summed E-state index contributed by atoms with van der Waals surface area (Å²) in [5, 5.41) is 0. The zero-order chi connectivity index (χ0) is 15.5. The summed E-state index contributed by atoms with van der Waals surface area (Å²) in [4.78, 5) is 0.232. The normalized spacial score (nSPS) is 13.3. The van der Waals surface area contributed by atoms with Gasteiger partial charge in [0.2, 0.25) is 10.0 Å². The molecule has 0 amide bonds. The number of nitrogens with one attached hydrogen (secondary N) is 1. The molecule has 1 aromatic heterocycles. The van der Waals surface area contributed by atoms with Gasteiger partial charge in [0.25, 0.3) is 0 Å². The van der Waals surface area contributed by atoms with Gasteiger partial charge in [-0.3, -0.25) is 0 Å². The molecule has 1 unspecified atom stereocenters. The Balaban J connectivity index is 2.02. The molecular formula is C14H15Br2NO3S. The Morgan fingerprint density at radius 1 is 1.29 bits per heavy atom. The average Bonchev–Trinajstić information content (AvgIpc) is 2.88. The maximum atomic E-state index is 12.4. The quantitative estimate of drug-likeness (QED) is 0.741. The van der Waals surface area contributed by atoms with Crippen LogP contribution in [-0.2, 0) is 16.4 Å². The van der Waals surface area contributed by atoms with Crippen molar-refractivity contribution in [1.29, 1.82) is 0 Å². The van der Waals surface area contributed by atoms with Gasteiger partial charge in [0.15, 0.2) is 0 Å². The molecule has 0 saturated heterocycles. The van der Waals surface area contributed by atoms with Crippen LogP contribution in [0.4, 0.5) is 0 Å². The largest absolute Gasteiger partial charge is 0.469 e. The van der Waals surface area contributed by atoms with Gasteiger partial charge in [-0.25, -0.2) is 13.1 Å². The van der Waals surface area contributed by atoms with E-state index >= 15 is 0 Å².